The molecule has 0 unspecified atom stereocenters. The van der Waals surface area contributed by atoms with E-state index in [2.05, 4.69) is 10.6 Å². The van der Waals surface area contributed by atoms with Crippen molar-refractivity contribution >= 4 is 23.4 Å². The molecule has 1 aromatic carbocycles. The van der Waals surface area contributed by atoms with Crippen LogP contribution in [0.3, 0.4) is 0 Å². The van der Waals surface area contributed by atoms with E-state index in [1.165, 1.54) is 6.07 Å². The van der Waals surface area contributed by atoms with Gasteiger partial charge in [0.05, 0.1) is 24.8 Å². The van der Waals surface area contributed by atoms with Crippen molar-refractivity contribution in [3.63, 3.8) is 0 Å². The molecule has 0 aliphatic heterocycles. The number of ether oxygens (including phenoxy) is 2. The Labute approximate surface area is 147 Å². The van der Waals surface area contributed by atoms with Crippen molar-refractivity contribution in [2.24, 2.45) is 0 Å². The van der Waals surface area contributed by atoms with Gasteiger partial charge in [0.15, 0.2) is 11.5 Å². The molecule has 0 saturated heterocycles. The highest BCUT2D eigenvalue weighted by Gasteiger charge is 2.17. The molecule has 0 aliphatic rings. The van der Waals surface area contributed by atoms with Crippen LogP contribution in [0.15, 0.2) is 12.1 Å². The van der Waals surface area contributed by atoms with Crippen molar-refractivity contribution in [1.29, 1.82) is 0 Å². The lowest BCUT2D eigenvalue weighted by molar-refractivity contribution is -0.120. The van der Waals surface area contributed by atoms with E-state index in [4.69, 9.17) is 21.1 Å². The summed E-state index contributed by atoms with van der Waals surface area (Å²) in [7, 11) is 0. The molecular formula is C17H25ClN2O4. The van der Waals surface area contributed by atoms with Gasteiger partial charge in [-0.3, -0.25) is 9.59 Å². The van der Waals surface area contributed by atoms with E-state index < -0.39 is 5.91 Å². The highest BCUT2D eigenvalue weighted by Crippen LogP contribution is 2.36. The molecule has 0 radical (unpaired) electrons. The average molecular weight is 357 g/mol. The van der Waals surface area contributed by atoms with Crippen LogP contribution >= 0.6 is 11.6 Å². The van der Waals surface area contributed by atoms with Crippen molar-refractivity contribution in [3.05, 3.63) is 22.7 Å². The van der Waals surface area contributed by atoms with Crippen LogP contribution in [0, 0.1) is 0 Å². The first-order valence-electron chi connectivity index (χ1n) is 8.05. The molecule has 7 heteroatoms. The first-order valence-corrected chi connectivity index (χ1v) is 8.43. The summed E-state index contributed by atoms with van der Waals surface area (Å²) in [5.74, 6) is 0.181. The fourth-order valence-corrected chi connectivity index (χ4v) is 2.21. The summed E-state index contributed by atoms with van der Waals surface area (Å²) in [5, 5.41) is 5.56. The zero-order chi connectivity index (χ0) is 18.1. The predicted molar refractivity (Wildman–Crippen MR) is 94.0 cm³/mol. The minimum atomic E-state index is -0.404. The van der Waals surface area contributed by atoms with Gasteiger partial charge in [-0.1, -0.05) is 18.5 Å². The van der Waals surface area contributed by atoms with Gasteiger partial charge in [0.2, 0.25) is 5.91 Å². The lowest BCUT2D eigenvalue weighted by Crippen LogP contribution is -2.39. The number of benzene rings is 1. The van der Waals surface area contributed by atoms with E-state index in [0.717, 1.165) is 6.42 Å². The Morgan fingerprint density at radius 3 is 2.50 bits per heavy atom. The average Bonchev–Trinajstić information content (AvgIpc) is 2.51. The molecule has 1 aromatic rings. The summed E-state index contributed by atoms with van der Waals surface area (Å²) in [6.45, 7) is 8.33. The van der Waals surface area contributed by atoms with Crippen LogP contribution in [-0.2, 0) is 4.79 Å². The maximum atomic E-state index is 12.2. The third-order valence-corrected chi connectivity index (χ3v) is 3.16. The van der Waals surface area contributed by atoms with Gasteiger partial charge < -0.3 is 20.1 Å². The van der Waals surface area contributed by atoms with E-state index in [0.29, 0.717) is 35.3 Å². The Morgan fingerprint density at radius 1 is 1.21 bits per heavy atom. The summed E-state index contributed by atoms with van der Waals surface area (Å²) in [4.78, 5) is 23.8. The number of halogens is 1. The number of carbonyl (C=O) groups excluding carboxylic acids is 2. The Bertz CT molecular complexity index is 576. The summed E-state index contributed by atoms with van der Waals surface area (Å²) in [5.41, 5.74) is 0.310. The first kappa shape index (κ1) is 20.1. The SMILES string of the molecule is CCCOc1c(Cl)cc(C(=O)NCC(=O)NC(C)C)cc1OCC. The quantitative estimate of drug-likeness (QED) is 0.713. The number of rotatable bonds is 9. The predicted octanol–water partition coefficient (Wildman–Crippen LogP) is 2.78. The summed E-state index contributed by atoms with van der Waals surface area (Å²) < 4.78 is 11.1. The number of hydrogen-bond acceptors (Lipinski definition) is 4. The normalized spacial score (nSPS) is 10.4. The number of hydrogen-bond donors (Lipinski definition) is 2. The summed E-state index contributed by atoms with van der Waals surface area (Å²) >= 11 is 6.22. The molecule has 0 bridgehead atoms. The van der Waals surface area contributed by atoms with Crippen molar-refractivity contribution in [2.45, 2.75) is 40.2 Å². The maximum absolute atomic E-state index is 12.2. The molecule has 2 amide bonds. The van der Waals surface area contributed by atoms with Gasteiger partial charge in [0.1, 0.15) is 0 Å². The Hall–Kier alpha value is -1.95. The standard InChI is InChI=1S/C17H25ClN2O4/c1-5-7-24-16-13(18)8-12(9-14(16)23-6-2)17(22)19-10-15(21)20-11(3)4/h8-9,11H,5-7,10H2,1-4H3,(H,19,22)(H,20,21). The third-order valence-electron chi connectivity index (χ3n) is 2.88. The van der Waals surface area contributed by atoms with Crippen molar-refractivity contribution < 1.29 is 19.1 Å². The van der Waals surface area contributed by atoms with Gasteiger partial charge in [-0.15, -0.1) is 0 Å². The molecule has 1 rings (SSSR count). The van der Waals surface area contributed by atoms with Crippen LogP contribution in [0.2, 0.25) is 5.02 Å². The molecule has 0 atom stereocenters. The second kappa shape index (κ2) is 10.0. The van der Waals surface area contributed by atoms with Gasteiger partial charge in [-0.25, -0.2) is 0 Å². The van der Waals surface area contributed by atoms with Crippen LogP contribution < -0.4 is 20.1 Å². The number of carbonyl (C=O) groups is 2. The van der Waals surface area contributed by atoms with Crippen molar-refractivity contribution in [2.75, 3.05) is 19.8 Å². The smallest absolute Gasteiger partial charge is 0.251 e. The zero-order valence-electron chi connectivity index (χ0n) is 14.6. The Balaban J connectivity index is 2.87. The molecule has 6 nitrogen and oxygen atoms in total. The minimum absolute atomic E-state index is 0.0170. The highest BCUT2D eigenvalue weighted by molar-refractivity contribution is 6.32. The lowest BCUT2D eigenvalue weighted by Gasteiger charge is -2.15. The molecule has 0 aliphatic carbocycles. The van der Waals surface area contributed by atoms with Crippen LogP contribution in [-0.4, -0.2) is 37.6 Å². The van der Waals surface area contributed by atoms with Gasteiger partial charge in [0, 0.05) is 11.6 Å². The zero-order valence-corrected chi connectivity index (χ0v) is 15.3. The Morgan fingerprint density at radius 2 is 1.92 bits per heavy atom. The van der Waals surface area contributed by atoms with Gasteiger partial charge in [0.25, 0.3) is 5.91 Å². The van der Waals surface area contributed by atoms with Gasteiger partial charge >= 0.3 is 0 Å². The molecule has 0 heterocycles. The van der Waals surface area contributed by atoms with Crippen LogP contribution in [0.25, 0.3) is 0 Å². The van der Waals surface area contributed by atoms with E-state index in [-0.39, 0.29) is 18.5 Å². The molecule has 0 fully saturated rings. The summed E-state index contributed by atoms with van der Waals surface area (Å²) in [6.07, 6.45) is 0.828. The van der Waals surface area contributed by atoms with E-state index in [1.807, 2.05) is 27.7 Å². The number of nitrogens with one attached hydrogen (secondary N) is 2. The number of amides is 2. The monoisotopic (exact) mass is 356 g/mol. The third kappa shape index (κ3) is 6.28. The second-order valence-electron chi connectivity index (χ2n) is 5.47. The minimum Gasteiger partial charge on any atom is -0.490 e. The summed E-state index contributed by atoms with van der Waals surface area (Å²) in [6, 6.07) is 3.09. The molecular weight excluding hydrogens is 332 g/mol. The second-order valence-corrected chi connectivity index (χ2v) is 5.88. The fourth-order valence-electron chi connectivity index (χ4n) is 1.94. The van der Waals surface area contributed by atoms with Crippen LogP contribution in [0.4, 0.5) is 0 Å². The first-order chi connectivity index (χ1) is 11.4. The Kier molecular flexibility index (Phi) is 8.40. The van der Waals surface area contributed by atoms with Crippen molar-refractivity contribution in [1.82, 2.24) is 10.6 Å². The largest absolute Gasteiger partial charge is 0.490 e. The topological polar surface area (TPSA) is 76.7 Å². The van der Waals surface area contributed by atoms with Crippen LogP contribution in [0.1, 0.15) is 44.5 Å². The molecule has 0 saturated carbocycles. The maximum Gasteiger partial charge on any atom is 0.251 e. The molecule has 0 aromatic heterocycles. The highest BCUT2D eigenvalue weighted by atomic mass is 35.5. The van der Waals surface area contributed by atoms with E-state index in [9.17, 15) is 9.59 Å². The molecule has 134 valence electrons. The molecule has 2 N–H and O–H groups in total. The molecule has 24 heavy (non-hydrogen) atoms. The van der Waals surface area contributed by atoms with E-state index in [1.54, 1.807) is 6.07 Å². The van der Waals surface area contributed by atoms with E-state index >= 15 is 0 Å². The fraction of sp³-hybridized carbons (Fsp3) is 0.529. The van der Waals surface area contributed by atoms with Crippen molar-refractivity contribution in [3.8, 4) is 11.5 Å². The molecule has 0 spiro atoms. The lowest BCUT2D eigenvalue weighted by atomic mass is 10.2. The van der Waals surface area contributed by atoms with Gasteiger partial charge in [-0.2, -0.15) is 0 Å². The van der Waals surface area contributed by atoms with Crippen LogP contribution in [0.5, 0.6) is 11.5 Å². The van der Waals surface area contributed by atoms with Gasteiger partial charge in [-0.05, 0) is 39.3 Å².